The van der Waals surface area contributed by atoms with Crippen molar-refractivity contribution >= 4 is 17.9 Å². The van der Waals surface area contributed by atoms with Crippen LogP contribution in [0.1, 0.15) is 19.3 Å². The molecule has 0 aliphatic carbocycles. The standard InChI is InChI=1S/C10H12O6/c1-2-8(11)15-7-5-3-4-6(9(12)13)16-10(7)14/h2,6-7H,1,3-5H2,(H,12,13). The van der Waals surface area contributed by atoms with Crippen LogP contribution in [0, 0.1) is 0 Å². The molecule has 6 heteroatoms. The smallest absolute Gasteiger partial charge is 0.348 e. The zero-order valence-electron chi connectivity index (χ0n) is 8.55. The quantitative estimate of drug-likeness (QED) is 0.550. The summed E-state index contributed by atoms with van der Waals surface area (Å²) in [6.45, 7) is 3.20. The zero-order valence-corrected chi connectivity index (χ0v) is 8.55. The average Bonchev–Trinajstić information content (AvgIpc) is 2.41. The number of carboxylic acid groups (broad SMARTS) is 1. The minimum Gasteiger partial charge on any atom is -0.479 e. The molecular weight excluding hydrogens is 216 g/mol. The third-order valence-electron chi connectivity index (χ3n) is 2.15. The molecule has 0 saturated carbocycles. The van der Waals surface area contributed by atoms with Crippen LogP contribution >= 0.6 is 0 Å². The summed E-state index contributed by atoms with van der Waals surface area (Å²) < 4.78 is 9.42. The van der Waals surface area contributed by atoms with Gasteiger partial charge in [0.2, 0.25) is 0 Å². The van der Waals surface area contributed by atoms with Crippen molar-refractivity contribution in [3.63, 3.8) is 0 Å². The van der Waals surface area contributed by atoms with Crippen LogP contribution in [-0.2, 0) is 23.9 Å². The Labute approximate surface area is 91.8 Å². The lowest BCUT2D eigenvalue weighted by molar-refractivity contribution is -0.173. The fourth-order valence-corrected chi connectivity index (χ4v) is 1.35. The largest absolute Gasteiger partial charge is 0.479 e. The summed E-state index contributed by atoms with van der Waals surface area (Å²) in [5, 5.41) is 8.69. The molecule has 1 aliphatic heterocycles. The van der Waals surface area contributed by atoms with Crippen LogP contribution in [0.4, 0.5) is 0 Å². The Morgan fingerprint density at radius 2 is 2.19 bits per heavy atom. The minimum absolute atomic E-state index is 0.225. The van der Waals surface area contributed by atoms with Crippen LogP contribution in [0.5, 0.6) is 0 Å². The highest BCUT2D eigenvalue weighted by Crippen LogP contribution is 2.17. The Morgan fingerprint density at radius 3 is 2.75 bits per heavy atom. The highest BCUT2D eigenvalue weighted by Gasteiger charge is 2.33. The Balaban J connectivity index is 2.62. The topological polar surface area (TPSA) is 89.9 Å². The molecule has 16 heavy (non-hydrogen) atoms. The third kappa shape index (κ3) is 3.08. The summed E-state index contributed by atoms with van der Waals surface area (Å²) in [7, 11) is 0. The fraction of sp³-hybridized carbons (Fsp3) is 0.500. The second kappa shape index (κ2) is 5.29. The number of rotatable bonds is 3. The first-order chi connectivity index (χ1) is 7.54. The van der Waals surface area contributed by atoms with E-state index in [-0.39, 0.29) is 12.8 Å². The SMILES string of the molecule is C=CC(=O)OC1CCCC(C(=O)O)OC1=O. The first-order valence-corrected chi connectivity index (χ1v) is 4.81. The molecule has 1 N–H and O–H groups in total. The number of esters is 2. The van der Waals surface area contributed by atoms with Crippen molar-refractivity contribution in [1.82, 2.24) is 0 Å². The number of aliphatic carboxylic acids is 1. The van der Waals surface area contributed by atoms with E-state index < -0.39 is 30.1 Å². The van der Waals surface area contributed by atoms with Crippen molar-refractivity contribution in [2.24, 2.45) is 0 Å². The maximum absolute atomic E-state index is 11.4. The maximum Gasteiger partial charge on any atom is 0.348 e. The van der Waals surface area contributed by atoms with Crippen molar-refractivity contribution in [3.05, 3.63) is 12.7 Å². The van der Waals surface area contributed by atoms with Gasteiger partial charge in [0, 0.05) is 6.08 Å². The summed E-state index contributed by atoms with van der Waals surface area (Å²) in [6.07, 6.45) is -0.314. The molecule has 1 heterocycles. The molecule has 0 aromatic rings. The number of carbonyl (C=O) groups is 3. The molecule has 1 aliphatic rings. The predicted octanol–water partition coefficient (Wildman–Crippen LogP) is 0.264. The van der Waals surface area contributed by atoms with Gasteiger partial charge in [0.05, 0.1) is 0 Å². The van der Waals surface area contributed by atoms with Gasteiger partial charge in [0.15, 0.2) is 12.2 Å². The van der Waals surface area contributed by atoms with Crippen LogP contribution in [0.25, 0.3) is 0 Å². The number of hydrogen-bond donors (Lipinski definition) is 1. The molecule has 2 atom stereocenters. The van der Waals surface area contributed by atoms with Gasteiger partial charge in [-0.15, -0.1) is 0 Å². The van der Waals surface area contributed by atoms with Crippen molar-refractivity contribution < 1.29 is 29.0 Å². The Hall–Kier alpha value is -1.85. The Bertz CT molecular complexity index is 321. The van der Waals surface area contributed by atoms with E-state index in [1.54, 1.807) is 0 Å². The van der Waals surface area contributed by atoms with Crippen LogP contribution in [0.2, 0.25) is 0 Å². The van der Waals surface area contributed by atoms with E-state index in [1.807, 2.05) is 0 Å². The zero-order chi connectivity index (χ0) is 12.1. The van der Waals surface area contributed by atoms with Crippen LogP contribution in [0.3, 0.4) is 0 Å². The van der Waals surface area contributed by atoms with E-state index in [1.165, 1.54) is 0 Å². The molecule has 0 amide bonds. The molecule has 1 saturated heterocycles. The summed E-state index contributed by atoms with van der Waals surface area (Å²) in [4.78, 5) is 32.9. The first-order valence-electron chi connectivity index (χ1n) is 4.81. The lowest BCUT2D eigenvalue weighted by Gasteiger charge is -2.13. The highest BCUT2D eigenvalue weighted by molar-refractivity contribution is 5.86. The molecular formula is C10H12O6. The van der Waals surface area contributed by atoms with Crippen molar-refractivity contribution in [2.45, 2.75) is 31.5 Å². The van der Waals surface area contributed by atoms with Gasteiger partial charge in [0.25, 0.3) is 0 Å². The fourth-order valence-electron chi connectivity index (χ4n) is 1.35. The number of hydrogen-bond acceptors (Lipinski definition) is 5. The Morgan fingerprint density at radius 1 is 1.50 bits per heavy atom. The number of ether oxygens (including phenoxy) is 2. The van der Waals surface area contributed by atoms with Gasteiger partial charge >= 0.3 is 17.9 Å². The third-order valence-corrected chi connectivity index (χ3v) is 2.15. The van der Waals surface area contributed by atoms with E-state index >= 15 is 0 Å². The number of carboxylic acids is 1. The number of carbonyl (C=O) groups excluding carboxylic acids is 2. The van der Waals surface area contributed by atoms with Crippen molar-refractivity contribution in [1.29, 1.82) is 0 Å². The van der Waals surface area contributed by atoms with Gasteiger partial charge in [-0.2, -0.15) is 0 Å². The maximum atomic E-state index is 11.4. The molecule has 0 bridgehead atoms. The minimum atomic E-state index is -1.19. The van der Waals surface area contributed by atoms with Crippen LogP contribution in [0.15, 0.2) is 12.7 Å². The van der Waals surface area contributed by atoms with Crippen molar-refractivity contribution in [3.8, 4) is 0 Å². The Kier molecular flexibility index (Phi) is 4.04. The van der Waals surface area contributed by atoms with E-state index in [0.717, 1.165) is 6.08 Å². The summed E-state index contributed by atoms with van der Waals surface area (Å²) >= 11 is 0. The summed E-state index contributed by atoms with van der Waals surface area (Å²) in [5.41, 5.74) is 0. The van der Waals surface area contributed by atoms with Gasteiger partial charge in [-0.05, 0) is 19.3 Å². The second-order valence-corrected chi connectivity index (χ2v) is 3.32. The average molecular weight is 228 g/mol. The molecule has 0 spiro atoms. The molecule has 0 aromatic carbocycles. The summed E-state index contributed by atoms with van der Waals surface area (Å²) in [5.74, 6) is -2.74. The number of cyclic esters (lactones) is 1. The van der Waals surface area contributed by atoms with Crippen molar-refractivity contribution in [2.75, 3.05) is 0 Å². The van der Waals surface area contributed by atoms with E-state index in [0.29, 0.717) is 6.42 Å². The molecule has 88 valence electrons. The van der Waals surface area contributed by atoms with Crippen LogP contribution < -0.4 is 0 Å². The summed E-state index contributed by atoms with van der Waals surface area (Å²) in [6, 6.07) is 0. The molecule has 1 fully saturated rings. The van der Waals surface area contributed by atoms with Gasteiger partial charge in [-0.1, -0.05) is 6.58 Å². The van der Waals surface area contributed by atoms with Crippen LogP contribution in [-0.4, -0.2) is 35.2 Å². The molecule has 2 unspecified atom stereocenters. The molecule has 0 aromatic heterocycles. The van der Waals surface area contributed by atoms with Gasteiger partial charge in [-0.25, -0.2) is 14.4 Å². The second-order valence-electron chi connectivity index (χ2n) is 3.32. The lowest BCUT2D eigenvalue weighted by atomic mass is 10.1. The lowest BCUT2D eigenvalue weighted by Crippen LogP contribution is -2.31. The van der Waals surface area contributed by atoms with Gasteiger partial charge < -0.3 is 14.6 Å². The molecule has 0 radical (unpaired) electrons. The first kappa shape index (κ1) is 12.2. The monoisotopic (exact) mass is 228 g/mol. The van der Waals surface area contributed by atoms with Gasteiger partial charge in [-0.3, -0.25) is 0 Å². The molecule has 1 rings (SSSR count). The highest BCUT2D eigenvalue weighted by atomic mass is 16.6. The normalized spacial score (nSPS) is 25.1. The predicted molar refractivity (Wildman–Crippen MR) is 51.4 cm³/mol. The van der Waals surface area contributed by atoms with Gasteiger partial charge in [0.1, 0.15) is 0 Å². The molecule has 6 nitrogen and oxygen atoms in total. The van der Waals surface area contributed by atoms with E-state index in [4.69, 9.17) is 9.84 Å². The van der Waals surface area contributed by atoms with E-state index in [2.05, 4.69) is 11.3 Å². The van der Waals surface area contributed by atoms with E-state index in [9.17, 15) is 14.4 Å².